The second kappa shape index (κ2) is 36.4. The first kappa shape index (κ1) is 32.0. The van der Waals surface area contributed by atoms with Crippen LogP contribution in [0.2, 0.25) is 0 Å². The van der Waals surface area contributed by atoms with Crippen molar-refractivity contribution in [2.75, 3.05) is 19.8 Å². The Bertz CT molecular complexity index is 165. The minimum atomic E-state index is -0.125. The summed E-state index contributed by atoms with van der Waals surface area (Å²) in [6.45, 7) is 9.60. The molecule has 0 radical (unpaired) electrons. The zero-order valence-electron chi connectivity index (χ0n) is 13.5. The van der Waals surface area contributed by atoms with E-state index in [-0.39, 0.29) is 33.3 Å². The Balaban J connectivity index is -0.0000000512. The molecule has 0 aromatic rings. The van der Waals surface area contributed by atoms with Gasteiger partial charge in [0.2, 0.25) is 0 Å². The fraction of sp³-hybridized carbons (Fsp3) is 0.786. The van der Waals surface area contributed by atoms with E-state index in [4.69, 9.17) is 20.4 Å². The monoisotopic (exact) mass is 328 g/mol. The average molecular weight is 328 g/mol. The summed E-state index contributed by atoms with van der Waals surface area (Å²) >= 11 is 0. The van der Waals surface area contributed by atoms with Crippen LogP contribution in [-0.2, 0) is 26.5 Å². The van der Waals surface area contributed by atoms with E-state index in [0.717, 1.165) is 19.3 Å². The van der Waals surface area contributed by atoms with Gasteiger partial charge in [0.05, 0.1) is 5.76 Å². The van der Waals surface area contributed by atoms with Crippen molar-refractivity contribution >= 4 is 5.78 Å². The van der Waals surface area contributed by atoms with Crippen molar-refractivity contribution in [3.63, 3.8) is 0 Å². The Hall–Kier alpha value is -0.196. The first-order valence-corrected chi connectivity index (χ1v) is 6.58. The van der Waals surface area contributed by atoms with E-state index in [9.17, 15) is 4.79 Å². The molecule has 0 amide bonds. The summed E-state index contributed by atoms with van der Waals surface area (Å²) in [4.78, 5) is 10.0. The fourth-order valence-corrected chi connectivity index (χ4v) is 0.294. The molecule has 0 aliphatic heterocycles. The second-order valence-corrected chi connectivity index (χ2v) is 3.57. The van der Waals surface area contributed by atoms with Crippen LogP contribution in [0, 0.1) is 0 Å². The number of aliphatic hydroxyl groups is 4. The Kier molecular flexibility index (Phi) is 58.1. The van der Waals surface area contributed by atoms with Crippen LogP contribution in [0.4, 0.5) is 0 Å². The molecule has 6 heteroatoms. The molecule has 0 bridgehead atoms. The van der Waals surface area contributed by atoms with Gasteiger partial charge in [-0.05, 0) is 33.1 Å². The van der Waals surface area contributed by atoms with Crippen LogP contribution >= 0.6 is 0 Å². The van der Waals surface area contributed by atoms with Gasteiger partial charge >= 0.3 is 0 Å². The van der Waals surface area contributed by atoms with Crippen LogP contribution in [0.25, 0.3) is 0 Å². The summed E-state index contributed by atoms with van der Waals surface area (Å²) in [7, 11) is 0. The van der Waals surface area contributed by atoms with Crippen molar-refractivity contribution in [1.82, 2.24) is 0 Å². The summed E-state index contributed by atoms with van der Waals surface area (Å²) in [5.41, 5.74) is 0. The molecule has 0 atom stereocenters. The normalized spacial score (nSPS) is 8.50. The number of hydrogen-bond acceptors (Lipinski definition) is 5. The number of rotatable bonds is 4. The molecular weight excluding hydrogens is 296 g/mol. The third-order valence-electron chi connectivity index (χ3n) is 1.08. The SMILES string of the molecule is CC(=O)C=C(C)O.CCCO.CCCO.CCCO.[Ti]. The van der Waals surface area contributed by atoms with Crippen LogP contribution in [0.5, 0.6) is 0 Å². The van der Waals surface area contributed by atoms with Gasteiger partial charge in [-0.3, -0.25) is 4.79 Å². The van der Waals surface area contributed by atoms with E-state index in [0.29, 0.717) is 19.8 Å². The topological polar surface area (TPSA) is 98.0 Å². The zero-order chi connectivity index (χ0) is 16.1. The fourth-order valence-electron chi connectivity index (χ4n) is 0.294. The smallest absolute Gasteiger partial charge is 0.155 e. The van der Waals surface area contributed by atoms with Crippen molar-refractivity contribution in [2.45, 2.75) is 53.9 Å². The first-order chi connectivity index (χ1) is 8.87. The van der Waals surface area contributed by atoms with Gasteiger partial charge in [0, 0.05) is 47.6 Å². The molecule has 0 saturated carbocycles. The molecule has 0 aromatic heterocycles. The van der Waals surface area contributed by atoms with Crippen molar-refractivity contribution in [1.29, 1.82) is 0 Å². The number of aliphatic hydroxyl groups excluding tert-OH is 4. The maximum Gasteiger partial charge on any atom is 0.155 e. The molecular formula is C14H32O5Ti. The van der Waals surface area contributed by atoms with Crippen LogP contribution in [-0.4, -0.2) is 46.0 Å². The van der Waals surface area contributed by atoms with Crippen LogP contribution in [0.3, 0.4) is 0 Å². The molecule has 20 heavy (non-hydrogen) atoms. The summed E-state index contributed by atoms with van der Waals surface area (Å²) in [6, 6.07) is 0. The van der Waals surface area contributed by atoms with Gasteiger partial charge in [0.1, 0.15) is 0 Å². The van der Waals surface area contributed by atoms with Crippen molar-refractivity contribution in [3.8, 4) is 0 Å². The average Bonchev–Trinajstić information content (AvgIpc) is 2.38. The van der Waals surface area contributed by atoms with E-state index < -0.39 is 0 Å². The van der Waals surface area contributed by atoms with Crippen LogP contribution in [0.1, 0.15) is 53.9 Å². The van der Waals surface area contributed by atoms with E-state index in [1.165, 1.54) is 19.9 Å². The summed E-state index contributed by atoms with van der Waals surface area (Å²) < 4.78 is 0. The molecule has 0 rings (SSSR count). The Labute approximate surface area is 138 Å². The van der Waals surface area contributed by atoms with Crippen molar-refractivity contribution in [3.05, 3.63) is 11.8 Å². The number of carbonyl (C=O) groups excluding carboxylic acids is 1. The molecule has 4 N–H and O–H groups in total. The predicted molar refractivity (Wildman–Crippen MR) is 79.2 cm³/mol. The minimum Gasteiger partial charge on any atom is -0.512 e. The third kappa shape index (κ3) is 109. The molecule has 0 spiro atoms. The maximum absolute atomic E-state index is 10.0. The van der Waals surface area contributed by atoms with Crippen molar-refractivity contribution in [2.24, 2.45) is 0 Å². The number of carbonyl (C=O) groups is 1. The van der Waals surface area contributed by atoms with E-state index in [1.54, 1.807) is 0 Å². The van der Waals surface area contributed by atoms with E-state index in [2.05, 4.69) is 0 Å². The van der Waals surface area contributed by atoms with Gasteiger partial charge in [0.15, 0.2) is 5.78 Å². The van der Waals surface area contributed by atoms with E-state index in [1.807, 2.05) is 20.8 Å². The summed E-state index contributed by atoms with van der Waals surface area (Å²) in [5, 5.41) is 32.0. The van der Waals surface area contributed by atoms with E-state index >= 15 is 0 Å². The maximum atomic E-state index is 10.0. The summed E-state index contributed by atoms with van der Waals surface area (Å²) in [5.74, 6) is -0.0625. The molecule has 0 heterocycles. The van der Waals surface area contributed by atoms with Gasteiger partial charge in [0.25, 0.3) is 0 Å². The number of hydrogen-bond donors (Lipinski definition) is 4. The molecule has 0 unspecified atom stereocenters. The first-order valence-electron chi connectivity index (χ1n) is 6.58. The molecule has 5 nitrogen and oxygen atoms in total. The van der Waals surface area contributed by atoms with Gasteiger partial charge in [-0.15, -0.1) is 0 Å². The summed E-state index contributed by atoms with van der Waals surface area (Å²) in [6.07, 6.45) is 3.79. The van der Waals surface area contributed by atoms with Crippen LogP contribution < -0.4 is 0 Å². The Morgan fingerprint density at radius 1 is 0.850 bits per heavy atom. The standard InChI is InChI=1S/C5H8O2.3C3H8O.Ti/c1-4(6)3-5(2)7;3*1-2-3-4;/h3,6H,1-2H3;3*4H,2-3H2,1H3;. The molecule has 0 saturated heterocycles. The quantitative estimate of drug-likeness (QED) is 0.360. The Morgan fingerprint density at radius 2 is 1.05 bits per heavy atom. The van der Waals surface area contributed by atoms with Crippen LogP contribution in [0.15, 0.2) is 11.8 Å². The van der Waals surface area contributed by atoms with Gasteiger partial charge in [-0.2, -0.15) is 0 Å². The number of ketones is 1. The second-order valence-electron chi connectivity index (χ2n) is 3.57. The number of allylic oxidation sites excluding steroid dienone is 2. The molecule has 0 aliphatic rings. The molecule has 0 aromatic carbocycles. The predicted octanol–water partition coefficient (Wildman–Crippen LogP) is 2.20. The van der Waals surface area contributed by atoms with Gasteiger partial charge in [-0.1, -0.05) is 20.8 Å². The third-order valence-corrected chi connectivity index (χ3v) is 1.08. The molecule has 0 fully saturated rings. The molecule has 0 aliphatic carbocycles. The minimum absolute atomic E-state index is 0. The zero-order valence-corrected chi connectivity index (χ0v) is 15.1. The largest absolute Gasteiger partial charge is 0.512 e. The van der Waals surface area contributed by atoms with Gasteiger partial charge < -0.3 is 20.4 Å². The van der Waals surface area contributed by atoms with Crippen molar-refractivity contribution < 1.29 is 46.9 Å². The van der Waals surface area contributed by atoms with Gasteiger partial charge in [-0.25, -0.2) is 0 Å². The Morgan fingerprint density at radius 3 is 1.05 bits per heavy atom. The molecule has 122 valence electrons.